The molecule has 1 N–H and O–H groups in total. The number of aliphatic carboxylic acids is 1. The number of carboxylic acids is 1. The SMILES string of the molecule is CCCOc1ccc(/C=C(\CC(=O)O)c2nc3ccccc3s2)cc1OC. The fourth-order valence-electron chi connectivity index (χ4n) is 2.67. The molecule has 0 radical (unpaired) electrons. The van der Waals surface area contributed by atoms with Crippen molar-refractivity contribution in [2.75, 3.05) is 13.7 Å². The molecule has 140 valence electrons. The van der Waals surface area contributed by atoms with Crippen molar-refractivity contribution in [1.29, 1.82) is 0 Å². The maximum Gasteiger partial charge on any atom is 0.307 e. The van der Waals surface area contributed by atoms with E-state index in [9.17, 15) is 9.90 Å². The number of thiazole rings is 1. The summed E-state index contributed by atoms with van der Waals surface area (Å²) in [5, 5.41) is 10.0. The van der Waals surface area contributed by atoms with Crippen molar-refractivity contribution in [3.8, 4) is 11.5 Å². The first-order valence-electron chi connectivity index (χ1n) is 8.70. The lowest BCUT2D eigenvalue weighted by Crippen LogP contribution is -1.99. The van der Waals surface area contributed by atoms with Crippen molar-refractivity contribution in [3.05, 3.63) is 53.0 Å². The smallest absolute Gasteiger partial charge is 0.307 e. The van der Waals surface area contributed by atoms with E-state index in [1.807, 2.05) is 55.5 Å². The van der Waals surface area contributed by atoms with Gasteiger partial charge in [-0.05, 0) is 47.9 Å². The van der Waals surface area contributed by atoms with Gasteiger partial charge in [-0.2, -0.15) is 0 Å². The van der Waals surface area contributed by atoms with Crippen LogP contribution in [0.5, 0.6) is 11.5 Å². The molecule has 27 heavy (non-hydrogen) atoms. The number of methoxy groups -OCH3 is 1. The first kappa shape index (κ1) is 18.9. The molecule has 0 aliphatic rings. The lowest BCUT2D eigenvalue weighted by Gasteiger charge is -2.11. The van der Waals surface area contributed by atoms with Crippen LogP contribution >= 0.6 is 11.3 Å². The van der Waals surface area contributed by atoms with Crippen LogP contribution in [0.1, 0.15) is 30.3 Å². The highest BCUT2D eigenvalue weighted by Crippen LogP contribution is 2.33. The van der Waals surface area contributed by atoms with Crippen LogP contribution < -0.4 is 9.47 Å². The molecule has 1 aromatic heterocycles. The zero-order chi connectivity index (χ0) is 19.2. The zero-order valence-corrected chi connectivity index (χ0v) is 16.1. The highest BCUT2D eigenvalue weighted by Gasteiger charge is 2.13. The minimum Gasteiger partial charge on any atom is -0.493 e. The van der Waals surface area contributed by atoms with Gasteiger partial charge in [-0.15, -0.1) is 11.3 Å². The Morgan fingerprint density at radius 3 is 2.74 bits per heavy atom. The molecule has 6 heteroatoms. The number of rotatable bonds is 8. The van der Waals surface area contributed by atoms with E-state index < -0.39 is 5.97 Å². The molecule has 0 amide bonds. The van der Waals surface area contributed by atoms with E-state index >= 15 is 0 Å². The molecule has 5 nitrogen and oxygen atoms in total. The van der Waals surface area contributed by atoms with Gasteiger partial charge >= 0.3 is 5.97 Å². The lowest BCUT2D eigenvalue weighted by atomic mass is 10.1. The van der Waals surface area contributed by atoms with E-state index in [1.165, 1.54) is 11.3 Å². The number of fused-ring (bicyclic) bond motifs is 1. The summed E-state index contributed by atoms with van der Waals surface area (Å²) in [6.07, 6.45) is 2.65. The van der Waals surface area contributed by atoms with Crippen LogP contribution in [0.2, 0.25) is 0 Å². The van der Waals surface area contributed by atoms with Gasteiger partial charge in [0.2, 0.25) is 0 Å². The molecule has 3 aromatic rings. The summed E-state index contributed by atoms with van der Waals surface area (Å²) in [6, 6.07) is 13.4. The summed E-state index contributed by atoms with van der Waals surface area (Å²) in [7, 11) is 1.59. The summed E-state index contributed by atoms with van der Waals surface area (Å²) in [4.78, 5) is 16.0. The lowest BCUT2D eigenvalue weighted by molar-refractivity contribution is -0.135. The van der Waals surface area contributed by atoms with E-state index in [0.717, 1.165) is 22.2 Å². The van der Waals surface area contributed by atoms with Crippen LogP contribution in [0.3, 0.4) is 0 Å². The molecule has 0 unspecified atom stereocenters. The molecule has 0 aliphatic heterocycles. The number of carboxylic acid groups (broad SMARTS) is 1. The molecule has 0 atom stereocenters. The summed E-state index contributed by atoms with van der Waals surface area (Å²) in [6.45, 7) is 2.65. The minimum absolute atomic E-state index is 0.101. The number of para-hydroxylation sites is 1. The third-order valence-electron chi connectivity index (χ3n) is 3.90. The summed E-state index contributed by atoms with van der Waals surface area (Å²) < 4.78 is 12.1. The van der Waals surface area contributed by atoms with Gasteiger partial charge in [0.1, 0.15) is 5.01 Å². The Kier molecular flexibility index (Phi) is 6.08. The number of nitrogens with zero attached hydrogens (tertiary/aromatic N) is 1. The molecule has 1 heterocycles. The summed E-state index contributed by atoms with van der Waals surface area (Å²) in [5.41, 5.74) is 2.37. The molecule has 0 fully saturated rings. The number of hydrogen-bond acceptors (Lipinski definition) is 5. The van der Waals surface area contributed by atoms with Crippen molar-refractivity contribution in [2.45, 2.75) is 19.8 Å². The van der Waals surface area contributed by atoms with Gasteiger partial charge < -0.3 is 14.6 Å². The number of hydrogen-bond donors (Lipinski definition) is 1. The van der Waals surface area contributed by atoms with Gasteiger partial charge in [-0.25, -0.2) is 4.98 Å². The van der Waals surface area contributed by atoms with Crippen LogP contribution in [0.4, 0.5) is 0 Å². The van der Waals surface area contributed by atoms with Gasteiger partial charge in [-0.3, -0.25) is 4.79 Å². The average Bonchev–Trinajstić information content (AvgIpc) is 3.10. The summed E-state index contributed by atoms with van der Waals surface area (Å²) >= 11 is 1.49. The van der Waals surface area contributed by atoms with Crippen LogP contribution in [0, 0.1) is 0 Å². The number of ether oxygens (including phenoxy) is 2. The van der Waals surface area contributed by atoms with E-state index in [1.54, 1.807) is 7.11 Å². The first-order chi connectivity index (χ1) is 13.1. The quantitative estimate of drug-likeness (QED) is 0.585. The molecular formula is C21H21NO4S. The average molecular weight is 383 g/mol. The second kappa shape index (κ2) is 8.68. The van der Waals surface area contributed by atoms with Crippen molar-refractivity contribution >= 4 is 39.2 Å². The van der Waals surface area contributed by atoms with E-state index in [0.29, 0.717) is 28.7 Å². The Hall–Kier alpha value is -2.86. The monoisotopic (exact) mass is 383 g/mol. The first-order valence-corrected chi connectivity index (χ1v) is 9.51. The molecule has 0 saturated carbocycles. The van der Waals surface area contributed by atoms with E-state index in [-0.39, 0.29) is 6.42 Å². The van der Waals surface area contributed by atoms with Gasteiger partial charge in [0.15, 0.2) is 11.5 Å². The fourth-order valence-corrected chi connectivity index (χ4v) is 3.65. The fraction of sp³-hybridized carbons (Fsp3) is 0.238. The Balaban J connectivity index is 1.99. The molecule has 3 rings (SSSR count). The minimum atomic E-state index is -0.893. The third kappa shape index (κ3) is 4.65. The maximum atomic E-state index is 11.4. The van der Waals surface area contributed by atoms with Crippen molar-refractivity contribution in [2.24, 2.45) is 0 Å². The van der Waals surface area contributed by atoms with Gasteiger partial charge in [0.05, 0.1) is 30.4 Å². The Bertz CT molecular complexity index is 944. The Morgan fingerprint density at radius 2 is 2.04 bits per heavy atom. The second-order valence-electron chi connectivity index (χ2n) is 5.99. The highest BCUT2D eigenvalue weighted by atomic mass is 32.1. The van der Waals surface area contributed by atoms with Gasteiger partial charge in [0, 0.05) is 0 Å². The largest absolute Gasteiger partial charge is 0.493 e. The maximum absolute atomic E-state index is 11.4. The molecular weight excluding hydrogens is 362 g/mol. The number of carbonyl (C=O) groups is 1. The summed E-state index contributed by atoms with van der Waals surface area (Å²) in [5.74, 6) is 0.405. The molecule has 0 saturated heterocycles. The van der Waals surface area contributed by atoms with Crippen LogP contribution in [0.25, 0.3) is 21.9 Å². The topological polar surface area (TPSA) is 68.7 Å². The van der Waals surface area contributed by atoms with Gasteiger partial charge in [-0.1, -0.05) is 25.1 Å². The standard InChI is InChI=1S/C21H21NO4S/c1-3-10-26-17-9-8-14(12-18(17)25-2)11-15(13-20(23)24)21-22-16-6-4-5-7-19(16)27-21/h4-9,11-12H,3,10,13H2,1-2H3,(H,23,24)/b15-11+. The van der Waals surface area contributed by atoms with Crippen LogP contribution in [-0.2, 0) is 4.79 Å². The van der Waals surface area contributed by atoms with Crippen LogP contribution in [-0.4, -0.2) is 29.8 Å². The second-order valence-corrected chi connectivity index (χ2v) is 7.02. The molecule has 2 aromatic carbocycles. The van der Waals surface area contributed by atoms with E-state index in [2.05, 4.69) is 4.98 Å². The van der Waals surface area contributed by atoms with Crippen molar-refractivity contribution in [1.82, 2.24) is 4.98 Å². The van der Waals surface area contributed by atoms with E-state index in [4.69, 9.17) is 9.47 Å². The van der Waals surface area contributed by atoms with Crippen molar-refractivity contribution in [3.63, 3.8) is 0 Å². The van der Waals surface area contributed by atoms with Crippen LogP contribution in [0.15, 0.2) is 42.5 Å². The molecule has 0 aliphatic carbocycles. The highest BCUT2D eigenvalue weighted by molar-refractivity contribution is 7.19. The predicted octanol–water partition coefficient (Wildman–Crippen LogP) is 5.11. The Labute approximate surface area is 161 Å². The van der Waals surface area contributed by atoms with Gasteiger partial charge in [0.25, 0.3) is 0 Å². The predicted molar refractivity (Wildman–Crippen MR) is 109 cm³/mol. The normalized spacial score (nSPS) is 11.6. The van der Waals surface area contributed by atoms with Crippen molar-refractivity contribution < 1.29 is 19.4 Å². The zero-order valence-electron chi connectivity index (χ0n) is 15.3. The number of benzene rings is 2. The Morgan fingerprint density at radius 1 is 1.22 bits per heavy atom. The molecule has 0 spiro atoms. The third-order valence-corrected chi connectivity index (χ3v) is 5.01. The number of aromatic nitrogens is 1. The molecule has 0 bridgehead atoms.